The lowest BCUT2D eigenvalue weighted by Crippen LogP contribution is -2.70. The van der Waals surface area contributed by atoms with Crippen molar-refractivity contribution in [3.8, 4) is 0 Å². The molecular weight excluding hydrogens is 573 g/mol. The Bertz CT molecular complexity index is 1600. The van der Waals surface area contributed by atoms with Crippen molar-refractivity contribution in [2.75, 3.05) is 23.0 Å². The second-order valence-electron chi connectivity index (χ2n) is 10.6. The summed E-state index contributed by atoms with van der Waals surface area (Å²) in [6.07, 6.45) is 0. The Morgan fingerprint density at radius 1 is 0.579 bits per heavy atom. The van der Waals surface area contributed by atoms with Gasteiger partial charge >= 0.3 is 0 Å². The summed E-state index contributed by atoms with van der Waals surface area (Å²) >= 11 is 0. The molecule has 10 nitrogen and oxygen atoms in total. The van der Waals surface area contributed by atoms with Crippen molar-refractivity contribution in [1.29, 1.82) is 0 Å². The topological polar surface area (TPSA) is 143 Å². The van der Waals surface area contributed by atoms with E-state index in [0.29, 0.717) is 11.1 Å². The molecule has 4 atom stereocenters. The Hall–Kier alpha value is -1.84. The zero-order valence-electron chi connectivity index (χ0n) is 21.4. The largest absolute Gasteiger partial charge is 0.244 e. The lowest BCUT2D eigenvalue weighted by atomic mass is 10.0. The van der Waals surface area contributed by atoms with Crippen molar-refractivity contribution in [2.45, 2.75) is 61.7 Å². The monoisotopic (exact) mass is 602 g/mol. The highest BCUT2D eigenvalue weighted by atomic mass is 32.2. The molecule has 0 aliphatic carbocycles. The summed E-state index contributed by atoms with van der Waals surface area (Å²) < 4.78 is 110. The highest BCUT2D eigenvalue weighted by Gasteiger charge is 2.63. The summed E-state index contributed by atoms with van der Waals surface area (Å²) in [6.45, 7) is 6.84. The molecular formula is C24H30N2O8S4. The maximum Gasteiger partial charge on any atom is 0.244 e. The number of nitrogens with zero attached hydrogens (tertiary/aromatic N) is 2. The lowest BCUT2D eigenvalue weighted by Gasteiger charge is -2.49. The van der Waals surface area contributed by atoms with Crippen molar-refractivity contribution in [3.05, 3.63) is 58.7 Å². The Morgan fingerprint density at radius 2 is 0.868 bits per heavy atom. The molecule has 3 heterocycles. The molecule has 2 aromatic carbocycles. The predicted molar refractivity (Wildman–Crippen MR) is 142 cm³/mol. The number of hydrogen-bond acceptors (Lipinski definition) is 8. The number of fused-ring (bicyclic) bond motifs is 2. The van der Waals surface area contributed by atoms with Crippen LogP contribution in [0, 0.1) is 27.7 Å². The van der Waals surface area contributed by atoms with E-state index in [9.17, 15) is 33.7 Å². The van der Waals surface area contributed by atoms with E-state index >= 15 is 0 Å². The van der Waals surface area contributed by atoms with Gasteiger partial charge in [-0.15, -0.1) is 0 Å². The lowest BCUT2D eigenvalue weighted by molar-refractivity contribution is 0.0841. The number of sulfonamides is 2. The average molecular weight is 603 g/mol. The third-order valence-corrected chi connectivity index (χ3v) is 15.3. The Kier molecular flexibility index (Phi) is 6.44. The standard InChI is InChI=1S/C24H30N2O8S4/c1-15-5-7-23(17(3)9-15)37(31,32)25-19-11-35(27,28)13-21(19)26(22-14-36(29,30)12-20(22)25)38(33,34)24-8-6-16(2)10-18(24)4/h5-10,19-22H,11-14H2,1-4H3/t19-,20-,21-,22+/m1/s1. The minimum atomic E-state index is -4.38. The fourth-order valence-corrected chi connectivity index (χ4v) is 14.6. The van der Waals surface area contributed by atoms with Gasteiger partial charge in [-0.25, -0.2) is 33.7 Å². The highest BCUT2D eigenvalue weighted by molar-refractivity contribution is 7.93. The van der Waals surface area contributed by atoms with Crippen LogP contribution in [0.3, 0.4) is 0 Å². The zero-order chi connectivity index (χ0) is 28.0. The molecule has 0 spiro atoms. The molecule has 0 bridgehead atoms. The van der Waals surface area contributed by atoms with Gasteiger partial charge in [-0.3, -0.25) is 0 Å². The summed E-state index contributed by atoms with van der Waals surface area (Å²) in [5, 5.41) is 0. The summed E-state index contributed by atoms with van der Waals surface area (Å²) in [5.74, 6) is -2.37. The SMILES string of the molecule is Cc1ccc(S(=O)(=O)N2[C@@H]3CS(=O)(=O)C[C@H]3N(S(=O)(=O)c3ccc(C)cc3C)[C@H]3CS(=O)(=O)C[C@H]32)c(C)c1. The van der Waals surface area contributed by atoms with Crippen LogP contribution in [0.4, 0.5) is 0 Å². The summed E-state index contributed by atoms with van der Waals surface area (Å²) in [4.78, 5) is -0.111. The van der Waals surface area contributed by atoms with Crippen molar-refractivity contribution in [1.82, 2.24) is 8.61 Å². The minimum absolute atomic E-state index is 0.0557. The quantitative estimate of drug-likeness (QED) is 0.503. The van der Waals surface area contributed by atoms with E-state index in [1.54, 1.807) is 52.0 Å². The average Bonchev–Trinajstić information content (AvgIpc) is 3.23. The Labute approximate surface area is 224 Å². The number of piperazine rings is 1. The van der Waals surface area contributed by atoms with Crippen LogP contribution in [-0.4, -0.2) is 89.5 Å². The number of hydrogen-bond donors (Lipinski definition) is 0. The molecule has 208 valence electrons. The van der Waals surface area contributed by atoms with Crippen molar-refractivity contribution in [2.24, 2.45) is 0 Å². The summed E-state index contributed by atoms with van der Waals surface area (Å²) in [7, 11) is -16.4. The molecule has 2 aromatic rings. The molecule has 0 aromatic heterocycles. The molecule has 14 heteroatoms. The fraction of sp³-hybridized carbons (Fsp3) is 0.500. The van der Waals surface area contributed by atoms with Crippen LogP contribution in [0.5, 0.6) is 0 Å². The van der Waals surface area contributed by atoms with Crippen LogP contribution < -0.4 is 0 Å². The molecule has 3 aliphatic heterocycles. The van der Waals surface area contributed by atoms with Crippen molar-refractivity contribution >= 4 is 39.7 Å². The van der Waals surface area contributed by atoms with Crippen LogP contribution >= 0.6 is 0 Å². The van der Waals surface area contributed by atoms with Gasteiger partial charge in [0, 0.05) is 0 Å². The molecule has 0 saturated carbocycles. The second kappa shape index (κ2) is 8.83. The first kappa shape index (κ1) is 27.7. The van der Waals surface area contributed by atoms with E-state index in [4.69, 9.17) is 0 Å². The number of sulfone groups is 2. The molecule has 0 radical (unpaired) electrons. The maximum atomic E-state index is 14.1. The van der Waals surface area contributed by atoms with Crippen LogP contribution in [-0.2, 0) is 39.7 Å². The molecule has 0 N–H and O–H groups in total. The van der Waals surface area contributed by atoms with Crippen LogP contribution in [0.25, 0.3) is 0 Å². The molecule has 3 aliphatic rings. The van der Waals surface area contributed by atoms with Gasteiger partial charge in [0.1, 0.15) is 0 Å². The first-order valence-corrected chi connectivity index (χ1v) is 18.6. The van der Waals surface area contributed by atoms with Crippen LogP contribution in [0.2, 0.25) is 0 Å². The number of benzene rings is 2. The van der Waals surface area contributed by atoms with Gasteiger partial charge in [0.25, 0.3) is 0 Å². The van der Waals surface area contributed by atoms with E-state index in [0.717, 1.165) is 19.7 Å². The van der Waals surface area contributed by atoms with Crippen molar-refractivity contribution in [3.63, 3.8) is 0 Å². The number of rotatable bonds is 4. The van der Waals surface area contributed by atoms with Gasteiger partial charge in [-0.2, -0.15) is 8.61 Å². The molecule has 3 saturated heterocycles. The molecule has 3 fully saturated rings. The van der Waals surface area contributed by atoms with Gasteiger partial charge in [0.05, 0.1) is 57.0 Å². The molecule has 5 rings (SSSR count). The zero-order valence-corrected chi connectivity index (χ0v) is 24.7. The normalized spacial score (nSPS) is 29.2. The van der Waals surface area contributed by atoms with E-state index in [-0.39, 0.29) is 9.79 Å². The molecule has 0 unspecified atom stereocenters. The fourth-order valence-electron chi connectivity index (χ4n) is 6.20. The van der Waals surface area contributed by atoms with Gasteiger partial charge in [-0.05, 0) is 51.0 Å². The van der Waals surface area contributed by atoms with Crippen molar-refractivity contribution < 1.29 is 33.7 Å². The first-order chi connectivity index (χ1) is 17.4. The Balaban J connectivity index is 1.73. The van der Waals surface area contributed by atoms with E-state index in [1.165, 1.54) is 12.1 Å². The minimum Gasteiger partial charge on any atom is -0.229 e. The summed E-state index contributed by atoms with van der Waals surface area (Å²) in [6, 6.07) is 4.40. The van der Waals surface area contributed by atoms with Gasteiger partial charge < -0.3 is 0 Å². The summed E-state index contributed by atoms with van der Waals surface area (Å²) in [5.41, 5.74) is 2.53. The van der Waals surface area contributed by atoms with Gasteiger partial charge in [0.15, 0.2) is 19.7 Å². The van der Waals surface area contributed by atoms with E-state index < -0.39 is 86.9 Å². The van der Waals surface area contributed by atoms with E-state index in [1.807, 2.05) is 0 Å². The smallest absolute Gasteiger partial charge is 0.229 e. The second-order valence-corrected chi connectivity index (χ2v) is 18.6. The molecule has 0 amide bonds. The third-order valence-electron chi connectivity index (χ3n) is 7.67. The number of aryl methyl sites for hydroxylation is 4. The molecule has 38 heavy (non-hydrogen) atoms. The van der Waals surface area contributed by atoms with Gasteiger partial charge in [0.2, 0.25) is 20.0 Å². The van der Waals surface area contributed by atoms with E-state index in [2.05, 4.69) is 0 Å². The highest BCUT2D eigenvalue weighted by Crippen LogP contribution is 2.43. The van der Waals surface area contributed by atoms with Crippen LogP contribution in [0.1, 0.15) is 22.3 Å². The first-order valence-electron chi connectivity index (χ1n) is 12.1. The third kappa shape index (κ3) is 4.42. The van der Waals surface area contributed by atoms with Crippen LogP contribution in [0.15, 0.2) is 46.2 Å². The van der Waals surface area contributed by atoms with Gasteiger partial charge in [-0.1, -0.05) is 35.4 Å². The predicted octanol–water partition coefficient (Wildman–Crippen LogP) is 0.947. The Morgan fingerprint density at radius 3 is 1.13 bits per heavy atom. The maximum absolute atomic E-state index is 14.1.